The number of hydrogen-bond donors (Lipinski definition) is 15. The second-order valence-electron chi connectivity index (χ2n) is 25.7. The summed E-state index contributed by atoms with van der Waals surface area (Å²) in [4.78, 5) is 210. The van der Waals surface area contributed by atoms with Gasteiger partial charge >= 0.3 is 17.9 Å². The number of aliphatic carboxylic acids is 3. The number of thiol groups is 3. The van der Waals surface area contributed by atoms with E-state index >= 15 is 0 Å². The van der Waals surface area contributed by atoms with Crippen LogP contribution in [0.2, 0.25) is 0 Å². The maximum Gasteiger partial charge on any atom is 0.327 e. The molecule has 1 aliphatic rings. The highest BCUT2D eigenvalue weighted by atomic mass is 32.1. The number of fused-ring (bicyclic) bond motifs is 2. The number of amides is 7. The Bertz CT molecular complexity index is 3610. The van der Waals surface area contributed by atoms with Gasteiger partial charge in [-0.05, 0) is 61.3 Å². The molecule has 31 heteroatoms. The van der Waals surface area contributed by atoms with E-state index in [1.807, 2.05) is 0 Å². The lowest BCUT2D eigenvalue weighted by molar-refractivity contribution is -0.146. The first kappa shape index (κ1) is 81.3. The van der Waals surface area contributed by atoms with Crippen molar-refractivity contribution in [1.29, 1.82) is 0 Å². The van der Waals surface area contributed by atoms with Crippen molar-refractivity contribution in [2.45, 2.75) is 173 Å². The number of nitrogens with one attached hydrogen (secondary N) is 8. The summed E-state index contributed by atoms with van der Waals surface area (Å²) in [5.41, 5.74) is 2.56. The number of carboxylic acid groups (broad SMARTS) is 3. The first-order chi connectivity index (χ1) is 46.8. The van der Waals surface area contributed by atoms with Gasteiger partial charge in [0.2, 0.25) is 41.4 Å². The molecule has 12 atom stereocenters. The quantitative estimate of drug-likeness (QED) is 0.0283. The third-order valence-corrected chi connectivity index (χ3v) is 18.9. The van der Waals surface area contributed by atoms with E-state index in [9.17, 15) is 92.3 Å². The molecule has 540 valence electrons. The Hall–Kier alpha value is -8.42. The molecule has 1 fully saturated rings. The van der Waals surface area contributed by atoms with Crippen molar-refractivity contribution in [1.82, 2.24) is 46.8 Å². The van der Waals surface area contributed by atoms with Crippen molar-refractivity contribution in [3.8, 4) is 0 Å². The minimum absolute atomic E-state index is 0.0792. The van der Waals surface area contributed by atoms with Crippen LogP contribution in [0.4, 0.5) is 0 Å². The summed E-state index contributed by atoms with van der Waals surface area (Å²) in [5.74, 6) is -20.1. The number of ketones is 5. The van der Waals surface area contributed by atoms with Crippen LogP contribution in [-0.2, 0) is 84.8 Å². The SMILES string of the molecule is CC(=O)N[C@@H](CS)C(=O)C[C@H](C(=O)N[C@@H](CCC(=O)O)C(=O)C[C@@H](CS)C(=O)N[C@@H](Cc1c[nH]c2ccccc12)C(=O)C[C@H](C(=O)N[C@@H](CC(=O)O)C(=O)CCC(=O)N[C@@H](Cc1c[nH]c2ccccc12)C(=O)C[C@H](C(=O)N1CCC[C@H]1C(=O)N[C@@H](CS)C(=O)O)C(C)C)C(C)C)[C@@H](C)O. The number of nitrogens with zero attached hydrogens (tertiary/aromatic N) is 1. The molecule has 0 saturated carbocycles. The van der Waals surface area contributed by atoms with E-state index in [0.29, 0.717) is 28.5 Å². The Morgan fingerprint density at radius 1 is 0.515 bits per heavy atom. The fraction of sp³-hybridized carbons (Fsp3) is 0.544. The number of rotatable bonds is 43. The molecular weight excluding hydrogens is 1340 g/mol. The van der Waals surface area contributed by atoms with Crippen LogP contribution in [0.3, 0.4) is 0 Å². The van der Waals surface area contributed by atoms with E-state index in [-0.39, 0.29) is 43.1 Å². The third kappa shape index (κ3) is 23.9. The molecule has 3 heterocycles. The normalized spacial score (nSPS) is 16.4. The zero-order valence-corrected chi connectivity index (χ0v) is 58.8. The molecule has 0 aliphatic carbocycles. The minimum Gasteiger partial charge on any atom is -0.481 e. The minimum atomic E-state index is -1.74. The van der Waals surface area contributed by atoms with E-state index in [0.717, 1.165) is 10.9 Å². The van der Waals surface area contributed by atoms with Crippen molar-refractivity contribution >= 4 is 148 Å². The van der Waals surface area contributed by atoms with E-state index in [2.05, 4.69) is 79.8 Å². The van der Waals surface area contributed by atoms with Gasteiger partial charge < -0.3 is 67.2 Å². The van der Waals surface area contributed by atoms with Gasteiger partial charge in [-0.3, -0.25) is 67.1 Å². The number of Topliss-reactive ketones (excluding diaryl/α,β-unsaturated/α-hetero) is 5. The third-order valence-electron chi connectivity index (χ3n) is 17.7. The van der Waals surface area contributed by atoms with Crippen molar-refractivity contribution in [2.24, 2.45) is 35.5 Å². The van der Waals surface area contributed by atoms with Crippen molar-refractivity contribution in [3.63, 3.8) is 0 Å². The summed E-state index contributed by atoms with van der Waals surface area (Å²) < 4.78 is 0. The van der Waals surface area contributed by atoms with E-state index < -0.39 is 230 Å². The first-order valence-electron chi connectivity index (χ1n) is 32.8. The van der Waals surface area contributed by atoms with Gasteiger partial charge in [0.1, 0.15) is 12.1 Å². The van der Waals surface area contributed by atoms with Crippen molar-refractivity contribution < 1.29 is 92.3 Å². The van der Waals surface area contributed by atoms with Gasteiger partial charge in [0.25, 0.3) is 0 Å². The van der Waals surface area contributed by atoms with E-state index in [4.69, 9.17) is 0 Å². The molecule has 2 aromatic carbocycles. The summed E-state index contributed by atoms with van der Waals surface area (Å²) in [6, 6.07) is 4.74. The maximum absolute atomic E-state index is 14.8. The van der Waals surface area contributed by atoms with Crippen molar-refractivity contribution in [3.05, 3.63) is 72.1 Å². The zero-order valence-electron chi connectivity index (χ0n) is 56.1. The Labute approximate surface area is 588 Å². The van der Waals surface area contributed by atoms with Gasteiger partial charge in [0.15, 0.2) is 28.9 Å². The summed E-state index contributed by atoms with van der Waals surface area (Å²) in [5, 5.41) is 56.3. The maximum atomic E-state index is 14.8. The molecule has 4 aromatic rings. The molecule has 2 aromatic heterocycles. The number of likely N-dealkylation sites (tertiary alicyclic amines) is 1. The average Bonchev–Trinajstić information content (AvgIpc) is 1.77. The number of carboxylic acids is 3. The van der Waals surface area contributed by atoms with Crippen LogP contribution in [-0.4, -0.2) is 196 Å². The molecule has 0 radical (unpaired) electrons. The zero-order chi connectivity index (χ0) is 73.5. The van der Waals surface area contributed by atoms with Crippen LogP contribution in [0, 0.1) is 35.5 Å². The van der Waals surface area contributed by atoms with Crippen molar-refractivity contribution in [2.75, 3.05) is 23.8 Å². The summed E-state index contributed by atoms with van der Waals surface area (Å²) in [6.07, 6.45) is -3.37. The first-order valence-corrected chi connectivity index (χ1v) is 34.7. The van der Waals surface area contributed by atoms with Crippen LogP contribution >= 0.6 is 37.9 Å². The van der Waals surface area contributed by atoms with Gasteiger partial charge in [-0.25, -0.2) is 4.79 Å². The van der Waals surface area contributed by atoms with Gasteiger partial charge in [-0.1, -0.05) is 64.1 Å². The number of para-hydroxylation sites is 2. The standard InChI is InChI=1S/C68H91N9O19S3/c1-34(2)43(25-57(82)50(23-39-30-70-47-15-10-8-13-42(39)47)74-63(90)40(31-97)24-56(81)48(17-20-61(86)87)73-65(92)45(36(5)78)27-59(84)52(32-98)71-37(6)79)64(91)75-51(28-62(88)89)55(80)18-19-60(85)72-49(22-38-29-69-46-14-9-7-12-41(38)46)58(83)26-44(35(3)4)67(94)77-21-11-16-54(77)66(93)76-53(33-99)68(95)96/h7-10,12-15,29-30,34-36,40,43-45,48-54,69-70,78,97-99H,11,16-28,31-33H2,1-6H3,(H,71,79)(H,72,85)(H,73,92)(H,74,90)(H,75,91)(H,76,93)(H,86,87)(H,88,89)(H,95,96)/t36-,40+,43+,44+,45+,48+,49+,50+,51+,52+,53+,54+/m1/s1. The summed E-state index contributed by atoms with van der Waals surface area (Å²) in [7, 11) is 0. The Morgan fingerprint density at radius 2 is 1.01 bits per heavy atom. The van der Waals surface area contributed by atoms with Crippen LogP contribution in [0.1, 0.15) is 123 Å². The molecule has 1 aliphatic heterocycles. The van der Waals surface area contributed by atoms with Gasteiger partial charge in [-0.2, -0.15) is 37.9 Å². The summed E-state index contributed by atoms with van der Waals surface area (Å²) >= 11 is 12.5. The van der Waals surface area contributed by atoms with Gasteiger partial charge in [0.05, 0.1) is 54.6 Å². The molecule has 0 bridgehead atoms. The number of aromatic amines is 2. The van der Waals surface area contributed by atoms with Crippen LogP contribution in [0.5, 0.6) is 0 Å². The molecule has 99 heavy (non-hydrogen) atoms. The number of benzene rings is 2. The number of hydrogen-bond acceptors (Lipinski definition) is 19. The lowest BCUT2D eigenvalue weighted by Gasteiger charge is -2.31. The molecule has 28 nitrogen and oxygen atoms in total. The Kier molecular flexibility index (Phi) is 31.9. The number of aliphatic hydroxyl groups is 1. The molecule has 0 unspecified atom stereocenters. The smallest absolute Gasteiger partial charge is 0.327 e. The van der Waals surface area contributed by atoms with Crippen LogP contribution < -0.4 is 31.9 Å². The molecular formula is C68H91N9O19S3. The molecule has 7 amide bonds. The fourth-order valence-corrected chi connectivity index (χ4v) is 12.8. The number of H-pyrrole nitrogens is 2. The molecule has 12 N–H and O–H groups in total. The van der Waals surface area contributed by atoms with Crippen LogP contribution in [0.25, 0.3) is 21.8 Å². The molecule has 0 spiro atoms. The lowest BCUT2D eigenvalue weighted by atomic mass is 9.86. The van der Waals surface area contributed by atoms with E-state index in [1.54, 1.807) is 88.6 Å². The predicted octanol–water partition coefficient (Wildman–Crippen LogP) is 2.91. The number of carbonyl (C=O) groups excluding carboxylic acids is 12. The number of aromatic nitrogens is 2. The Balaban J connectivity index is 1.33. The molecule has 1 saturated heterocycles. The second kappa shape index (κ2) is 38.8. The lowest BCUT2D eigenvalue weighted by Crippen LogP contribution is -2.53. The monoisotopic (exact) mass is 1430 g/mol. The average molecular weight is 1430 g/mol. The number of aliphatic hydroxyl groups excluding tert-OH is 1. The number of carbonyl (C=O) groups is 15. The fourth-order valence-electron chi connectivity index (χ4n) is 11.9. The topological polar surface area (TPSA) is 444 Å². The highest BCUT2D eigenvalue weighted by Crippen LogP contribution is 2.29. The Morgan fingerprint density at radius 3 is 1.52 bits per heavy atom. The van der Waals surface area contributed by atoms with Gasteiger partial charge in [-0.15, -0.1) is 0 Å². The molecule has 5 rings (SSSR count). The highest BCUT2D eigenvalue weighted by molar-refractivity contribution is 7.80. The van der Waals surface area contributed by atoms with Gasteiger partial charge in [0, 0.05) is 135 Å². The predicted molar refractivity (Wildman–Crippen MR) is 372 cm³/mol. The second-order valence-corrected chi connectivity index (χ2v) is 26.8. The largest absolute Gasteiger partial charge is 0.481 e. The van der Waals surface area contributed by atoms with Crippen LogP contribution in [0.15, 0.2) is 60.9 Å². The summed E-state index contributed by atoms with van der Waals surface area (Å²) in [6.45, 7) is 9.17. The van der Waals surface area contributed by atoms with E-state index in [1.165, 1.54) is 18.7 Å². The highest BCUT2D eigenvalue weighted by Gasteiger charge is 2.42.